The van der Waals surface area contributed by atoms with Crippen molar-refractivity contribution < 1.29 is 0 Å². The molecule has 2 aliphatic heterocycles. The van der Waals surface area contributed by atoms with Gasteiger partial charge in [-0.2, -0.15) is 0 Å². The van der Waals surface area contributed by atoms with Crippen LogP contribution in [0.2, 0.25) is 0 Å². The van der Waals surface area contributed by atoms with Crippen molar-refractivity contribution in [1.82, 2.24) is 0 Å². The van der Waals surface area contributed by atoms with E-state index in [2.05, 4.69) is 93.3 Å². The van der Waals surface area contributed by atoms with Crippen LogP contribution >= 0.6 is 58.8 Å². The average molecular weight is 471 g/mol. The number of hydrogen-bond acceptors (Lipinski definition) is 5. The van der Waals surface area contributed by atoms with E-state index >= 15 is 0 Å². The van der Waals surface area contributed by atoms with Crippen molar-refractivity contribution in [2.45, 2.75) is 53.7 Å². The van der Waals surface area contributed by atoms with Gasteiger partial charge in [0.25, 0.3) is 0 Å². The number of thiophene rings is 2. The molecule has 4 heterocycles. The lowest BCUT2D eigenvalue weighted by molar-refractivity contribution is 0.607. The van der Waals surface area contributed by atoms with Gasteiger partial charge in [0.1, 0.15) is 0 Å². The van der Waals surface area contributed by atoms with Crippen LogP contribution in [0.5, 0.6) is 0 Å². The predicted octanol–water partition coefficient (Wildman–Crippen LogP) is 8.59. The average Bonchev–Trinajstić information content (AvgIpc) is 3.44. The Balaban J connectivity index is 1.51. The van der Waals surface area contributed by atoms with Crippen molar-refractivity contribution in [2.75, 3.05) is 0 Å². The highest BCUT2D eigenvalue weighted by molar-refractivity contribution is 8.14. The fourth-order valence-corrected chi connectivity index (χ4v) is 10.5. The largest absolute Gasteiger partial charge is 0.140 e. The highest BCUT2D eigenvalue weighted by Gasteiger charge is 2.59. The molecule has 5 heteroatoms. The molecule has 148 valence electrons. The number of allylic oxidation sites excluding steroid dienone is 4. The Kier molecular flexibility index (Phi) is 4.26. The Morgan fingerprint density at radius 1 is 0.793 bits per heavy atom. The molecule has 1 saturated carbocycles. The van der Waals surface area contributed by atoms with Crippen LogP contribution in [0.15, 0.2) is 62.9 Å². The minimum Gasteiger partial charge on any atom is -0.140 e. The van der Waals surface area contributed by atoms with E-state index in [1.54, 1.807) is 33.6 Å². The van der Waals surface area contributed by atoms with Crippen LogP contribution in [-0.2, 0) is 0 Å². The number of fused-ring (bicyclic) bond motifs is 4. The smallest absolute Gasteiger partial charge is 0.0619 e. The van der Waals surface area contributed by atoms with E-state index in [9.17, 15) is 0 Å². The van der Waals surface area contributed by atoms with E-state index < -0.39 is 0 Å². The van der Waals surface area contributed by atoms with Gasteiger partial charge in [0.15, 0.2) is 0 Å². The summed E-state index contributed by atoms with van der Waals surface area (Å²) < 4.78 is 1.23. The minimum absolute atomic E-state index is 0.0663. The zero-order chi connectivity index (χ0) is 20.0. The monoisotopic (exact) mass is 470 g/mol. The highest BCUT2D eigenvalue weighted by Crippen LogP contribution is 2.70. The van der Waals surface area contributed by atoms with Crippen molar-refractivity contribution in [3.63, 3.8) is 0 Å². The number of rotatable bonds is 2. The molecule has 2 aromatic heterocycles. The maximum Gasteiger partial charge on any atom is 0.0619 e. The first-order valence-corrected chi connectivity index (χ1v) is 13.8. The van der Waals surface area contributed by atoms with Crippen LogP contribution in [0.3, 0.4) is 0 Å². The maximum absolute atomic E-state index is 4.56. The van der Waals surface area contributed by atoms with Gasteiger partial charge >= 0.3 is 0 Å². The standard InChI is InChI=1S/C24H22S5/c1-13-7-8-18(26-13)20-11-16-14-5-4-6-15(14)17-12-21(19-9-10-22(25)27-19)29-24(17,3)23(16,2)28-20/h7-12,25H,4-6H2,1-3H3/t23-,24-/m1/s1. The van der Waals surface area contributed by atoms with Crippen molar-refractivity contribution >= 4 is 68.6 Å². The highest BCUT2D eigenvalue weighted by atomic mass is 32.2. The lowest BCUT2D eigenvalue weighted by Gasteiger charge is -2.47. The van der Waals surface area contributed by atoms with E-state index in [1.807, 2.05) is 11.3 Å². The van der Waals surface area contributed by atoms with Gasteiger partial charge in [0.2, 0.25) is 0 Å². The van der Waals surface area contributed by atoms with Crippen molar-refractivity contribution in [2.24, 2.45) is 0 Å². The van der Waals surface area contributed by atoms with Crippen LogP contribution in [-0.4, -0.2) is 9.49 Å². The fourth-order valence-electron chi connectivity index (χ4n) is 5.21. The molecule has 4 aliphatic rings. The molecular formula is C24H22S5. The zero-order valence-corrected chi connectivity index (χ0v) is 20.8. The number of hydrogen-bond donors (Lipinski definition) is 1. The third-order valence-electron chi connectivity index (χ3n) is 6.80. The fraction of sp³-hybridized carbons (Fsp3) is 0.333. The molecular weight excluding hydrogens is 449 g/mol. The van der Waals surface area contributed by atoms with Crippen molar-refractivity contribution in [3.05, 3.63) is 73.3 Å². The summed E-state index contributed by atoms with van der Waals surface area (Å²) >= 11 is 12.5. The summed E-state index contributed by atoms with van der Waals surface area (Å²) in [6, 6.07) is 8.93. The molecule has 0 nitrogen and oxygen atoms in total. The second-order valence-electron chi connectivity index (χ2n) is 8.47. The van der Waals surface area contributed by atoms with Gasteiger partial charge in [0.05, 0.1) is 13.7 Å². The predicted molar refractivity (Wildman–Crippen MR) is 136 cm³/mol. The van der Waals surface area contributed by atoms with Crippen LogP contribution in [0, 0.1) is 6.92 Å². The van der Waals surface area contributed by atoms with E-state index in [4.69, 9.17) is 0 Å². The molecule has 0 bridgehead atoms. The van der Waals surface area contributed by atoms with Crippen molar-refractivity contribution in [3.8, 4) is 0 Å². The summed E-state index contributed by atoms with van der Waals surface area (Å²) in [5, 5.41) is 0. The molecule has 0 radical (unpaired) electrons. The second kappa shape index (κ2) is 6.46. The Labute approximate surface area is 194 Å². The molecule has 0 spiro atoms. The van der Waals surface area contributed by atoms with Gasteiger partial charge < -0.3 is 0 Å². The third kappa shape index (κ3) is 2.61. The Morgan fingerprint density at radius 2 is 1.34 bits per heavy atom. The second-order valence-corrected chi connectivity index (χ2v) is 14.6. The lowest BCUT2D eigenvalue weighted by atomic mass is 9.72. The molecule has 0 saturated heterocycles. The van der Waals surface area contributed by atoms with Gasteiger partial charge in [-0.15, -0.1) is 58.8 Å². The van der Waals surface area contributed by atoms with E-state index in [1.165, 1.54) is 43.7 Å². The van der Waals surface area contributed by atoms with E-state index in [0.717, 1.165) is 4.21 Å². The van der Waals surface area contributed by atoms with E-state index in [-0.39, 0.29) is 9.49 Å². The van der Waals surface area contributed by atoms with Crippen LogP contribution in [0.4, 0.5) is 0 Å². The first-order chi connectivity index (χ1) is 13.9. The van der Waals surface area contributed by atoms with Gasteiger partial charge in [0, 0.05) is 24.4 Å². The van der Waals surface area contributed by atoms with E-state index in [0.29, 0.717) is 0 Å². The number of thiol groups is 1. The van der Waals surface area contributed by atoms with Gasteiger partial charge in [-0.1, -0.05) is 0 Å². The molecule has 2 aromatic rings. The molecule has 0 amide bonds. The van der Waals surface area contributed by atoms with Gasteiger partial charge in [-0.05, 0) is 98.7 Å². The Hall–Kier alpha value is -0.590. The third-order valence-corrected chi connectivity index (χ3v) is 12.8. The molecule has 6 rings (SSSR count). The zero-order valence-electron chi connectivity index (χ0n) is 16.7. The van der Waals surface area contributed by atoms with Gasteiger partial charge in [-0.25, -0.2) is 0 Å². The maximum atomic E-state index is 4.56. The molecule has 29 heavy (non-hydrogen) atoms. The quantitative estimate of drug-likeness (QED) is 0.436. The van der Waals surface area contributed by atoms with Crippen LogP contribution in [0.25, 0.3) is 9.81 Å². The number of aryl methyl sites for hydroxylation is 1. The minimum atomic E-state index is 0.0663. The first-order valence-electron chi connectivity index (χ1n) is 10.0. The topological polar surface area (TPSA) is 0 Å². The molecule has 2 aliphatic carbocycles. The molecule has 1 fully saturated rings. The molecule has 0 N–H and O–H groups in total. The Morgan fingerprint density at radius 3 is 1.83 bits per heavy atom. The van der Waals surface area contributed by atoms with Crippen LogP contribution in [0.1, 0.15) is 47.7 Å². The summed E-state index contributed by atoms with van der Waals surface area (Å²) in [7, 11) is 0. The van der Waals surface area contributed by atoms with Crippen LogP contribution < -0.4 is 0 Å². The molecule has 0 unspecified atom stereocenters. The van der Waals surface area contributed by atoms with Gasteiger partial charge in [-0.3, -0.25) is 0 Å². The Bertz CT molecular complexity index is 1090. The SMILES string of the molecule is Cc1ccc(C2=CC3=C4CCCC4=C4C=C(c5ccc(S)s5)S[C@@]4(C)[C@]3(C)S2)s1. The molecule has 2 atom stereocenters. The summed E-state index contributed by atoms with van der Waals surface area (Å²) in [6.07, 6.45) is 8.82. The summed E-state index contributed by atoms with van der Waals surface area (Å²) in [6.45, 7) is 7.21. The summed E-state index contributed by atoms with van der Waals surface area (Å²) in [4.78, 5) is 7.07. The van der Waals surface area contributed by atoms with Crippen molar-refractivity contribution in [1.29, 1.82) is 0 Å². The number of thioether (sulfide) groups is 2. The normalized spacial score (nSPS) is 30.5. The summed E-state index contributed by atoms with van der Waals surface area (Å²) in [5.41, 5.74) is 6.49. The lowest BCUT2D eigenvalue weighted by Crippen LogP contribution is -2.47. The first kappa shape index (κ1) is 19.1. The molecule has 0 aromatic carbocycles. The summed E-state index contributed by atoms with van der Waals surface area (Å²) in [5.74, 6) is 0.